The predicted octanol–water partition coefficient (Wildman–Crippen LogP) is 5.24. The third-order valence-corrected chi connectivity index (χ3v) is 5.79. The number of benzene rings is 2. The van der Waals surface area contributed by atoms with Gasteiger partial charge in [-0.3, -0.25) is 9.59 Å². The first-order valence-corrected chi connectivity index (χ1v) is 12.0. The summed E-state index contributed by atoms with van der Waals surface area (Å²) < 4.78 is 35.3. The van der Waals surface area contributed by atoms with Gasteiger partial charge >= 0.3 is 5.92 Å². The fourth-order valence-electron chi connectivity index (χ4n) is 3.31. The maximum atomic E-state index is 13.2. The number of aromatic nitrogens is 3. The number of carbonyl (C=O) groups excluding carboxylic acids is 1. The Bertz CT molecular complexity index is 1400. The standard InChI is InChI=1S/C21H24F2N4O3.C6H5Cl/c1-13(2)17(25-20(29)21(3,22)23)12-30-16-6-7-18-14(9-16)10-24-27(18)15-5-8-19(28)26(4)11-15;7-6-4-2-1-3-5-6/h5-11,13,17H,12H2,1-4H3,(H,25,29);1-5H. The third-order valence-electron chi connectivity index (χ3n) is 5.54. The fraction of sp³-hybridized carbons (Fsp3) is 0.296. The maximum Gasteiger partial charge on any atom is 0.321 e. The second kappa shape index (κ2) is 12.0. The molecular formula is C27H29ClF2N4O3. The van der Waals surface area contributed by atoms with Crippen LogP contribution in [-0.2, 0) is 11.8 Å². The van der Waals surface area contributed by atoms with Crippen molar-refractivity contribution in [2.75, 3.05) is 6.61 Å². The largest absolute Gasteiger partial charge is 0.491 e. The summed E-state index contributed by atoms with van der Waals surface area (Å²) in [6, 6.07) is 17.4. The highest BCUT2D eigenvalue weighted by Gasteiger charge is 2.34. The number of fused-ring (bicyclic) bond motifs is 1. The van der Waals surface area contributed by atoms with Gasteiger partial charge < -0.3 is 14.6 Å². The van der Waals surface area contributed by atoms with E-state index in [4.69, 9.17) is 16.3 Å². The van der Waals surface area contributed by atoms with Crippen LogP contribution in [0, 0.1) is 5.92 Å². The molecule has 1 amide bonds. The topological polar surface area (TPSA) is 78.2 Å². The molecular weight excluding hydrogens is 502 g/mol. The van der Waals surface area contributed by atoms with Crippen LogP contribution in [0.1, 0.15) is 20.8 Å². The molecule has 4 rings (SSSR count). The van der Waals surface area contributed by atoms with E-state index in [1.807, 2.05) is 50.2 Å². The molecule has 4 aromatic rings. The van der Waals surface area contributed by atoms with E-state index < -0.39 is 17.9 Å². The number of hydrogen-bond acceptors (Lipinski definition) is 4. The van der Waals surface area contributed by atoms with Crippen LogP contribution in [0.5, 0.6) is 5.75 Å². The number of carbonyl (C=O) groups is 1. The number of alkyl halides is 2. The van der Waals surface area contributed by atoms with Gasteiger partial charge in [-0.05, 0) is 42.3 Å². The van der Waals surface area contributed by atoms with Crippen LogP contribution in [-0.4, -0.2) is 38.8 Å². The SMILES string of the molecule is CC(C)C(COc1ccc2c(cnn2-c2ccc(=O)n(C)c2)c1)NC(=O)C(C)(F)F.Clc1ccccc1. The number of hydrogen-bond donors (Lipinski definition) is 1. The van der Waals surface area contributed by atoms with Gasteiger partial charge in [-0.1, -0.05) is 43.6 Å². The highest BCUT2D eigenvalue weighted by molar-refractivity contribution is 6.30. The Kier molecular flexibility index (Phi) is 9.04. The molecule has 196 valence electrons. The average molecular weight is 531 g/mol. The summed E-state index contributed by atoms with van der Waals surface area (Å²) in [7, 11) is 1.67. The van der Waals surface area contributed by atoms with Gasteiger partial charge in [0.2, 0.25) is 5.56 Å². The third kappa shape index (κ3) is 7.63. The van der Waals surface area contributed by atoms with Crippen molar-refractivity contribution >= 4 is 28.4 Å². The van der Waals surface area contributed by atoms with Crippen molar-refractivity contribution in [3.63, 3.8) is 0 Å². The van der Waals surface area contributed by atoms with Gasteiger partial charge in [0.1, 0.15) is 12.4 Å². The van der Waals surface area contributed by atoms with Crippen LogP contribution >= 0.6 is 11.6 Å². The molecule has 0 radical (unpaired) electrons. The van der Waals surface area contributed by atoms with Crippen molar-refractivity contribution < 1.29 is 18.3 Å². The van der Waals surface area contributed by atoms with E-state index in [9.17, 15) is 18.4 Å². The first-order chi connectivity index (χ1) is 17.5. The van der Waals surface area contributed by atoms with Crippen LogP contribution in [0.3, 0.4) is 0 Å². The second-order valence-corrected chi connectivity index (χ2v) is 9.37. The normalized spacial score (nSPS) is 12.1. The van der Waals surface area contributed by atoms with E-state index in [1.54, 1.807) is 42.3 Å². The van der Waals surface area contributed by atoms with Crippen molar-refractivity contribution in [1.82, 2.24) is 19.7 Å². The first-order valence-electron chi connectivity index (χ1n) is 11.6. The van der Waals surface area contributed by atoms with Crippen LogP contribution in [0.15, 0.2) is 77.9 Å². The number of rotatable bonds is 7. The van der Waals surface area contributed by atoms with E-state index in [2.05, 4.69) is 10.4 Å². The van der Waals surface area contributed by atoms with Crippen molar-refractivity contribution in [2.45, 2.75) is 32.7 Å². The van der Waals surface area contributed by atoms with Crippen molar-refractivity contribution in [2.24, 2.45) is 13.0 Å². The van der Waals surface area contributed by atoms with E-state index in [-0.39, 0.29) is 18.1 Å². The summed E-state index contributed by atoms with van der Waals surface area (Å²) in [4.78, 5) is 23.2. The lowest BCUT2D eigenvalue weighted by atomic mass is 10.1. The van der Waals surface area contributed by atoms with Crippen LogP contribution in [0.25, 0.3) is 16.6 Å². The molecule has 37 heavy (non-hydrogen) atoms. The lowest BCUT2D eigenvalue weighted by molar-refractivity contribution is -0.144. The molecule has 1 atom stereocenters. The molecule has 7 nitrogen and oxygen atoms in total. The number of nitrogens with zero attached hydrogens (tertiary/aromatic N) is 3. The molecule has 2 aromatic heterocycles. The lowest BCUT2D eigenvalue weighted by Crippen LogP contribution is -2.48. The Morgan fingerprint density at radius 3 is 2.41 bits per heavy atom. The molecule has 1 unspecified atom stereocenters. The fourth-order valence-corrected chi connectivity index (χ4v) is 3.45. The van der Waals surface area contributed by atoms with Gasteiger partial charge in [0.25, 0.3) is 5.91 Å². The smallest absolute Gasteiger partial charge is 0.321 e. The molecule has 0 saturated heterocycles. The van der Waals surface area contributed by atoms with Crippen LogP contribution < -0.4 is 15.6 Å². The van der Waals surface area contributed by atoms with Gasteiger partial charge in [-0.15, -0.1) is 0 Å². The summed E-state index contributed by atoms with van der Waals surface area (Å²) in [5, 5.41) is 8.32. The number of nitrogens with one attached hydrogen (secondary N) is 1. The molecule has 0 bridgehead atoms. The van der Waals surface area contributed by atoms with E-state index in [1.165, 1.54) is 10.6 Å². The average Bonchev–Trinajstić information content (AvgIpc) is 3.26. The van der Waals surface area contributed by atoms with E-state index in [0.29, 0.717) is 12.7 Å². The van der Waals surface area contributed by atoms with Gasteiger partial charge in [0.05, 0.1) is 23.4 Å². The zero-order chi connectivity index (χ0) is 27.2. The van der Waals surface area contributed by atoms with Gasteiger partial charge in [-0.2, -0.15) is 13.9 Å². The number of pyridine rings is 1. The highest BCUT2D eigenvalue weighted by Crippen LogP contribution is 2.23. The molecule has 0 spiro atoms. The van der Waals surface area contributed by atoms with E-state index >= 15 is 0 Å². The quantitative estimate of drug-likeness (QED) is 0.354. The Hall–Kier alpha value is -3.72. The predicted molar refractivity (Wildman–Crippen MR) is 141 cm³/mol. The summed E-state index contributed by atoms with van der Waals surface area (Å²) in [6.07, 6.45) is 3.37. The molecule has 0 aliphatic rings. The zero-order valence-corrected chi connectivity index (χ0v) is 21.7. The van der Waals surface area contributed by atoms with Crippen molar-refractivity contribution in [1.29, 1.82) is 0 Å². The lowest BCUT2D eigenvalue weighted by Gasteiger charge is -2.24. The summed E-state index contributed by atoms with van der Waals surface area (Å²) in [5.41, 5.74) is 1.45. The minimum Gasteiger partial charge on any atom is -0.491 e. The first kappa shape index (κ1) is 27.9. The zero-order valence-electron chi connectivity index (χ0n) is 21.0. The van der Waals surface area contributed by atoms with Gasteiger partial charge in [-0.25, -0.2) is 4.68 Å². The second-order valence-electron chi connectivity index (χ2n) is 8.93. The Morgan fingerprint density at radius 2 is 1.84 bits per heavy atom. The number of halogens is 3. The molecule has 10 heteroatoms. The monoisotopic (exact) mass is 530 g/mol. The summed E-state index contributed by atoms with van der Waals surface area (Å²) in [5.74, 6) is -4.32. The van der Waals surface area contributed by atoms with Crippen LogP contribution in [0.2, 0.25) is 5.02 Å². The molecule has 2 heterocycles. The number of amides is 1. The molecule has 0 saturated carbocycles. The molecule has 2 aromatic carbocycles. The van der Waals surface area contributed by atoms with Crippen LogP contribution in [0.4, 0.5) is 8.78 Å². The molecule has 0 aliphatic carbocycles. The number of aryl methyl sites for hydroxylation is 1. The van der Waals surface area contributed by atoms with Crippen molar-refractivity contribution in [3.05, 3.63) is 88.4 Å². The Balaban J connectivity index is 0.000000468. The molecule has 0 aliphatic heterocycles. The van der Waals surface area contributed by atoms with Crippen molar-refractivity contribution in [3.8, 4) is 11.4 Å². The molecule has 1 N–H and O–H groups in total. The van der Waals surface area contributed by atoms with E-state index in [0.717, 1.165) is 21.6 Å². The molecule has 0 fully saturated rings. The Labute approximate surface area is 218 Å². The number of ether oxygens (including phenoxy) is 1. The van der Waals surface area contributed by atoms with Gasteiger partial charge in [0, 0.05) is 36.6 Å². The minimum atomic E-state index is -3.44. The Morgan fingerprint density at radius 1 is 1.14 bits per heavy atom. The highest BCUT2D eigenvalue weighted by atomic mass is 35.5. The maximum absolute atomic E-state index is 13.2. The summed E-state index contributed by atoms with van der Waals surface area (Å²) in [6.45, 7) is 4.27. The summed E-state index contributed by atoms with van der Waals surface area (Å²) >= 11 is 5.54. The minimum absolute atomic E-state index is 0.0555. The van der Waals surface area contributed by atoms with Gasteiger partial charge in [0.15, 0.2) is 0 Å².